The smallest absolute Gasteiger partial charge is 0.225 e. The van der Waals surface area contributed by atoms with Gasteiger partial charge in [0.1, 0.15) is 0 Å². The quantitative estimate of drug-likeness (QED) is 0.763. The Morgan fingerprint density at radius 2 is 2.31 bits per heavy atom. The lowest BCUT2D eigenvalue weighted by atomic mass is 10.1. The second kappa shape index (κ2) is 6.21. The van der Waals surface area contributed by atoms with Crippen molar-refractivity contribution in [2.75, 3.05) is 20.2 Å². The number of likely N-dealkylation sites (tertiary alicyclic amines) is 1. The zero-order chi connectivity index (χ0) is 12.1. The van der Waals surface area contributed by atoms with E-state index in [1.807, 2.05) is 4.90 Å². The van der Waals surface area contributed by atoms with Crippen LogP contribution in [-0.4, -0.2) is 43.2 Å². The first-order valence-electron chi connectivity index (χ1n) is 6.14. The van der Waals surface area contributed by atoms with Crippen LogP contribution in [-0.2, 0) is 9.53 Å². The molecule has 0 spiro atoms. The van der Waals surface area contributed by atoms with Crippen LogP contribution >= 0.6 is 0 Å². The van der Waals surface area contributed by atoms with Crippen molar-refractivity contribution in [3.63, 3.8) is 0 Å². The SMILES string of the molecule is CCC1CC(C)CN1C(=O)CC(CN)OC. The Kier molecular flexibility index (Phi) is 5.22. The highest BCUT2D eigenvalue weighted by Gasteiger charge is 2.32. The van der Waals surface area contributed by atoms with E-state index in [1.165, 1.54) is 0 Å². The van der Waals surface area contributed by atoms with Crippen LogP contribution in [0.2, 0.25) is 0 Å². The molecule has 0 aromatic carbocycles. The highest BCUT2D eigenvalue weighted by molar-refractivity contribution is 5.77. The van der Waals surface area contributed by atoms with E-state index in [2.05, 4.69) is 13.8 Å². The van der Waals surface area contributed by atoms with Crippen molar-refractivity contribution in [1.29, 1.82) is 0 Å². The number of methoxy groups -OCH3 is 1. The van der Waals surface area contributed by atoms with Crippen LogP contribution in [0.3, 0.4) is 0 Å². The maximum Gasteiger partial charge on any atom is 0.225 e. The summed E-state index contributed by atoms with van der Waals surface area (Å²) in [5.74, 6) is 0.807. The van der Waals surface area contributed by atoms with E-state index >= 15 is 0 Å². The number of hydrogen-bond donors (Lipinski definition) is 1. The lowest BCUT2D eigenvalue weighted by Crippen LogP contribution is -2.39. The van der Waals surface area contributed by atoms with Gasteiger partial charge in [0.15, 0.2) is 0 Å². The second-order valence-corrected chi connectivity index (χ2v) is 4.75. The van der Waals surface area contributed by atoms with E-state index in [0.29, 0.717) is 24.9 Å². The molecule has 1 fully saturated rings. The maximum absolute atomic E-state index is 12.1. The molecule has 4 heteroatoms. The normalized spacial score (nSPS) is 27.1. The monoisotopic (exact) mass is 228 g/mol. The Morgan fingerprint density at radius 1 is 1.62 bits per heavy atom. The summed E-state index contributed by atoms with van der Waals surface area (Å²) >= 11 is 0. The van der Waals surface area contributed by atoms with E-state index in [4.69, 9.17) is 10.5 Å². The summed E-state index contributed by atoms with van der Waals surface area (Å²) in [5.41, 5.74) is 5.53. The predicted octanol–water partition coefficient (Wildman–Crippen LogP) is 0.997. The minimum atomic E-state index is -0.138. The fourth-order valence-corrected chi connectivity index (χ4v) is 2.42. The molecule has 1 amide bonds. The third kappa shape index (κ3) is 3.19. The first-order chi connectivity index (χ1) is 7.62. The van der Waals surface area contributed by atoms with Gasteiger partial charge in [0, 0.05) is 26.2 Å². The number of ether oxygens (including phenoxy) is 1. The van der Waals surface area contributed by atoms with Gasteiger partial charge in [-0.15, -0.1) is 0 Å². The third-order valence-corrected chi connectivity index (χ3v) is 3.41. The van der Waals surface area contributed by atoms with Gasteiger partial charge in [-0.3, -0.25) is 4.79 Å². The Hall–Kier alpha value is -0.610. The molecule has 2 N–H and O–H groups in total. The summed E-state index contributed by atoms with van der Waals surface area (Å²) < 4.78 is 5.15. The van der Waals surface area contributed by atoms with Crippen molar-refractivity contribution in [2.45, 2.75) is 45.3 Å². The highest BCUT2D eigenvalue weighted by atomic mass is 16.5. The molecule has 0 radical (unpaired) electrons. The maximum atomic E-state index is 12.1. The van der Waals surface area contributed by atoms with Crippen molar-refractivity contribution in [3.05, 3.63) is 0 Å². The minimum Gasteiger partial charge on any atom is -0.380 e. The van der Waals surface area contributed by atoms with Gasteiger partial charge in [-0.2, -0.15) is 0 Å². The van der Waals surface area contributed by atoms with Gasteiger partial charge < -0.3 is 15.4 Å². The van der Waals surface area contributed by atoms with Crippen LogP contribution in [0.25, 0.3) is 0 Å². The number of amides is 1. The predicted molar refractivity (Wildman–Crippen MR) is 64.0 cm³/mol. The molecule has 3 atom stereocenters. The lowest BCUT2D eigenvalue weighted by molar-refractivity contribution is -0.134. The molecule has 94 valence electrons. The second-order valence-electron chi connectivity index (χ2n) is 4.75. The average Bonchev–Trinajstić information content (AvgIpc) is 2.67. The third-order valence-electron chi connectivity index (χ3n) is 3.41. The molecule has 0 aromatic rings. The largest absolute Gasteiger partial charge is 0.380 e. The summed E-state index contributed by atoms with van der Waals surface area (Å²) in [5, 5.41) is 0. The molecular weight excluding hydrogens is 204 g/mol. The van der Waals surface area contributed by atoms with E-state index in [1.54, 1.807) is 7.11 Å². The molecular formula is C12H24N2O2. The first-order valence-corrected chi connectivity index (χ1v) is 6.14. The summed E-state index contributed by atoms with van der Waals surface area (Å²) in [4.78, 5) is 14.1. The van der Waals surface area contributed by atoms with Gasteiger partial charge in [0.05, 0.1) is 12.5 Å². The lowest BCUT2D eigenvalue weighted by Gasteiger charge is -2.25. The number of carbonyl (C=O) groups excluding carboxylic acids is 1. The topological polar surface area (TPSA) is 55.6 Å². The minimum absolute atomic E-state index is 0.138. The molecule has 1 saturated heterocycles. The number of nitrogens with two attached hydrogens (primary N) is 1. The summed E-state index contributed by atoms with van der Waals surface area (Å²) in [6.07, 6.45) is 2.44. The fourth-order valence-electron chi connectivity index (χ4n) is 2.42. The number of nitrogens with zero attached hydrogens (tertiary/aromatic N) is 1. The molecule has 0 bridgehead atoms. The van der Waals surface area contributed by atoms with Crippen molar-refractivity contribution in [3.8, 4) is 0 Å². The Morgan fingerprint density at radius 3 is 2.81 bits per heavy atom. The van der Waals surface area contributed by atoms with Crippen LogP contribution in [0.1, 0.15) is 33.1 Å². The molecule has 1 aliphatic rings. The average molecular weight is 228 g/mol. The standard InChI is InChI=1S/C12H24N2O2/c1-4-10-5-9(2)8-14(10)12(15)6-11(7-13)16-3/h9-11H,4-8,13H2,1-3H3. The van der Waals surface area contributed by atoms with Gasteiger partial charge in [-0.1, -0.05) is 13.8 Å². The fraction of sp³-hybridized carbons (Fsp3) is 0.917. The zero-order valence-corrected chi connectivity index (χ0v) is 10.6. The molecule has 3 unspecified atom stereocenters. The van der Waals surface area contributed by atoms with Gasteiger partial charge in [-0.05, 0) is 18.8 Å². The van der Waals surface area contributed by atoms with Gasteiger partial charge in [0.25, 0.3) is 0 Å². The highest BCUT2D eigenvalue weighted by Crippen LogP contribution is 2.25. The van der Waals surface area contributed by atoms with Crippen LogP contribution in [0.15, 0.2) is 0 Å². The van der Waals surface area contributed by atoms with Crippen LogP contribution in [0, 0.1) is 5.92 Å². The van der Waals surface area contributed by atoms with Crippen LogP contribution in [0.4, 0.5) is 0 Å². The van der Waals surface area contributed by atoms with Crippen molar-refractivity contribution >= 4 is 5.91 Å². The summed E-state index contributed by atoms with van der Waals surface area (Å²) in [6, 6.07) is 0.415. The van der Waals surface area contributed by atoms with Crippen molar-refractivity contribution in [1.82, 2.24) is 4.90 Å². The Balaban J connectivity index is 2.52. The van der Waals surface area contributed by atoms with Crippen LogP contribution in [0.5, 0.6) is 0 Å². The van der Waals surface area contributed by atoms with Crippen molar-refractivity contribution in [2.24, 2.45) is 11.7 Å². The number of rotatable bonds is 5. The van der Waals surface area contributed by atoms with E-state index in [-0.39, 0.29) is 12.0 Å². The van der Waals surface area contributed by atoms with Crippen molar-refractivity contribution < 1.29 is 9.53 Å². The number of hydrogen-bond acceptors (Lipinski definition) is 3. The molecule has 0 aliphatic carbocycles. The van der Waals surface area contributed by atoms with Gasteiger partial charge in [0.2, 0.25) is 5.91 Å². The molecule has 1 rings (SSSR count). The Bertz CT molecular complexity index is 229. The molecule has 0 aromatic heterocycles. The van der Waals surface area contributed by atoms with E-state index in [0.717, 1.165) is 19.4 Å². The van der Waals surface area contributed by atoms with E-state index < -0.39 is 0 Å². The van der Waals surface area contributed by atoms with Gasteiger partial charge in [-0.25, -0.2) is 0 Å². The summed E-state index contributed by atoms with van der Waals surface area (Å²) in [7, 11) is 1.61. The molecule has 1 heterocycles. The first kappa shape index (κ1) is 13.5. The zero-order valence-electron chi connectivity index (χ0n) is 10.6. The molecule has 0 saturated carbocycles. The van der Waals surface area contributed by atoms with Gasteiger partial charge >= 0.3 is 0 Å². The Labute approximate surface area is 98.1 Å². The summed E-state index contributed by atoms with van der Waals surface area (Å²) in [6.45, 7) is 5.63. The van der Waals surface area contributed by atoms with Crippen LogP contribution < -0.4 is 5.73 Å². The molecule has 1 aliphatic heterocycles. The molecule has 4 nitrogen and oxygen atoms in total. The van der Waals surface area contributed by atoms with E-state index in [9.17, 15) is 4.79 Å². The molecule has 16 heavy (non-hydrogen) atoms. The number of carbonyl (C=O) groups is 1.